The number of hydrogen-bond donors (Lipinski definition) is 1. The average molecular weight is 304 g/mol. The fraction of sp³-hybridized carbons (Fsp3) is 0.417. The largest absolute Gasteiger partial charge is 0.481 e. The van der Waals surface area contributed by atoms with E-state index >= 15 is 0 Å². The summed E-state index contributed by atoms with van der Waals surface area (Å²) in [6.45, 7) is 2.15. The number of carbonyl (C=O) groups is 1. The Balaban J connectivity index is 2.66. The molecule has 0 radical (unpaired) electrons. The fourth-order valence-corrected chi connectivity index (χ4v) is 1.76. The average Bonchev–Trinajstić information content (AvgIpc) is 2.28. The molecule has 0 aliphatic rings. The molecule has 0 saturated heterocycles. The van der Waals surface area contributed by atoms with Gasteiger partial charge in [0.2, 0.25) is 0 Å². The van der Waals surface area contributed by atoms with E-state index in [1.807, 2.05) is 0 Å². The number of nitrogens with zero attached hydrogens (tertiary/aromatic N) is 1. The molecule has 3 nitrogen and oxygen atoms in total. The molecule has 1 aromatic carbocycles. The Morgan fingerprint density at radius 1 is 1.59 bits per heavy atom. The Labute approximate surface area is 108 Å². The Kier molecular flexibility index (Phi) is 4.93. The molecule has 1 aromatic rings. The summed E-state index contributed by atoms with van der Waals surface area (Å²) in [4.78, 5) is 12.4. The standard InChI is InChI=1S/C12H15BrFNO2/c1-8(12(16)17)5-6-15(2)11-7-9(13)3-4-10(11)14/h3-4,7-8H,5-6H2,1-2H3,(H,16,17). The van der Waals surface area contributed by atoms with Crippen LogP contribution in [0.25, 0.3) is 0 Å². The molecule has 1 atom stereocenters. The lowest BCUT2D eigenvalue weighted by atomic mass is 10.1. The number of aliphatic carboxylic acids is 1. The maximum Gasteiger partial charge on any atom is 0.306 e. The Bertz CT molecular complexity index is 411. The summed E-state index contributed by atoms with van der Waals surface area (Å²) in [5.41, 5.74) is 0.469. The minimum absolute atomic E-state index is 0.307. The highest BCUT2D eigenvalue weighted by Crippen LogP contribution is 2.23. The number of anilines is 1. The van der Waals surface area contributed by atoms with Crippen molar-refractivity contribution in [2.45, 2.75) is 13.3 Å². The van der Waals surface area contributed by atoms with Crippen molar-refractivity contribution in [2.24, 2.45) is 5.92 Å². The number of benzene rings is 1. The first-order valence-corrected chi connectivity index (χ1v) is 6.10. The van der Waals surface area contributed by atoms with Gasteiger partial charge >= 0.3 is 5.97 Å². The van der Waals surface area contributed by atoms with Crippen molar-refractivity contribution in [3.8, 4) is 0 Å². The van der Waals surface area contributed by atoms with Crippen LogP contribution in [-0.4, -0.2) is 24.7 Å². The number of carboxylic acid groups (broad SMARTS) is 1. The molecular formula is C12H15BrFNO2. The van der Waals surface area contributed by atoms with Crippen molar-refractivity contribution in [1.82, 2.24) is 0 Å². The highest BCUT2D eigenvalue weighted by atomic mass is 79.9. The lowest BCUT2D eigenvalue weighted by molar-refractivity contribution is -0.141. The third-order valence-corrected chi connectivity index (χ3v) is 3.13. The molecule has 0 spiro atoms. The van der Waals surface area contributed by atoms with Gasteiger partial charge in [-0.25, -0.2) is 4.39 Å². The molecule has 0 amide bonds. The van der Waals surface area contributed by atoms with Gasteiger partial charge in [-0.1, -0.05) is 22.9 Å². The van der Waals surface area contributed by atoms with Crippen molar-refractivity contribution < 1.29 is 14.3 Å². The minimum atomic E-state index is -0.826. The maximum absolute atomic E-state index is 13.5. The van der Waals surface area contributed by atoms with E-state index in [0.717, 1.165) is 4.47 Å². The molecule has 0 heterocycles. The summed E-state index contributed by atoms with van der Waals surface area (Å²) in [6, 6.07) is 4.70. The molecule has 17 heavy (non-hydrogen) atoms. The van der Waals surface area contributed by atoms with E-state index < -0.39 is 11.9 Å². The molecule has 0 aromatic heterocycles. The summed E-state index contributed by atoms with van der Waals surface area (Å²) >= 11 is 3.28. The van der Waals surface area contributed by atoms with Crippen LogP contribution in [-0.2, 0) is 4.79 Å². The minimum Gasteiger partial charge on any atom is -0.481 e. The van der Waals surface area contributed by atoms with Gasteiger partial charge in [-0.3, -0.25) is 4.79 Å². The molecule has 0 saturated carbocycles. The topological polar surface area (TPSA) is 40.5 Å². The van der Waals surface area contributed by atoms with Gasteiger partial charge in [-0.2, -0.15) is 0 Å². The highest BCUT2D eigenvalue weighted by molar-refractivity contribution is 9.10. The summed E-state index contributed by atoms with van der Waals surface area (Å²) in [6.07, 6.45) is 0.484. The first-order valence-electron chi connectivity index (χ1n) is 5.31. The van der Waals surface area contributed by atoms with Crippen LogP contribution >= 0.6 is 15.9 Å². The Morgan fingerprint density at radius 2 is 2.24 bits per heavy atom. The fourth-order valence-electron chi connectivity index (χ4n) is 1.41. The molecule has 0 fully saturated rings. The van der Waals surface area contributed by atoms with Crippen LogP contribution in [0.5, 0.6) is 0 Å². The first-order chi connectivity index (χ1) is 7.91. The SMILES string of the molecule is CC(CCN(C)c1cc(Br)ccc1F)C(=O)O. The van der Waals surface area contributed by atoms with Crippen LogP contribution < -0.4 is 4.90 Å². The second-order valence-electron chi connectivity index (χ2n) is 4.05. The van der Waals surface area contributed by atoms with E-state index in [2.05, 4.69) is 15.9 Å². The number of halogens is 2. The van der Waals surface area contributed by atoms with Crippen molar-refractivity contribution in [3.05, 3.63) is 28.5 Å². The van der Waals surface area contributed by atoms with Gasteiger partial charge in [0.25, 0.3) is 0 Å². The van der Waals surface area contributed by atoms with Gasteiger partial charge in [0.1, 0.15) is 5.82 Å². The quantitative estimate of drug-likeness (QED) is 0.908. The molecule has 1 rings (SSSR count). The maximum atomic E-state index is 13.5. The molecule has 5 heteroatoms. The van der Waals surface area contributed by atoms with Gasteiger partial charge in [0.05, 0.1) is 11.6 Å². The molecule has 1 N–H and O–H groups in total. The molecule has 94 valence electrons. The van der Waals surface area contributed by atoms with Crippen LogP contribution in [0.1, 0.15) is 13.3 Å². The number of carboxylic acids is 1. The molecule has 0 aliphatic heterocycles. The monoisotopic (exact) mass is 303 g/mol. The Hall–Kier alpha value is -1.10. The lowest BCUT2D eigenvalue weighted by Gasteiger charge is -2.21. The lowest BCUT2D eigenvalue weighted by Crippen LogP contribution is -2.23. The highest BCUT2D eigenvalue weighted by Gasteiger charge is 2.13. The van der Waals surface area contributed by atoms with E-state index in [1.54, 1.807) is 31.0 Å². The summed E-state index contributed by atoms with van der Waals surface area (Å²) < 4.78 is 14.3. The van der Waals surface area contributed by atoms with Gasteiger partial charge < -0.3 is 10.0 Å². The van der Waals surface area contributed by atoms with Gasteiger partial charge in [0.15, 0.2) is 0 Å². The predicted octanol–water partition coefficient (Wildman–Crippen LogP) is 3.14. The van der Waals surface area contributed by atoms with Crippen molar-refractivity contribution in [1.29, 1.82) is 0 Å². The second kappa shape index (κ2) is 6.00. The Morgan fingerprint density at radius 3 is 2.82 bits per heavy atom. The summed E-state index contributed by atoms with van der Waals surface area (Å²) in [5, 5.41) is 8.76. The summed E-state index contributed by atoms with van der Waals surface area (Å²) in [5.74, 6) is -1.56. The normalized spacial score (nSPS) is 12.2. The number of rotatable bonds is 5. The van der Waals surface area contributed by atoms with Gasteiger partial charge in [0, 0.05) is 18.1 Å². The molecule has 0 bridgehead atoms. The van der Waals surface area contributed by atoms with Crippen LogP contribution in [0.3, 0.4) is 0 Å². The van der Waals surface area contributed by atoms with Crippen LogP contribution in [0, 0.1) is 11.7 Å². The van der Waals surface area contributed by atoms with Crippen LogP contribution in [0.4, 0.5) is 10.1 Å². The van der Waals surface area contributed by atoms with E-state index in [0.29, 0.717) is 18.7 Å². The van der Waals surface area contributed by atoms with E-state index in [-0.39, 0.29) is 5.82 Å². The third-order valence-electron chi connectivity index (χ3n) is 2.64. The zero-order chi connectivity index (χ0) is 13.0. The zero-order valence-corrected chi connectivity index (χ0v) is 11.4. The van der Waals surface area contributed by atoms with Crippen molar-refractivity contribution in [2.75, 3.05) is 18.5 Å². The van der Waals surface area contributed by atoms with Gasteiger partial charge in [-0.05, 0) is 24.6 Å². The first kappa shape index (κ1) is 14.0. The van der Waals surface area contributed by atoms with Crippen LogP contribution in [0.2, 0.25) is 0 Å². The van der Waals surface area contributed by atoms with E-state index in [4.69, 9.17) is 5.11 Å². The second-order valence-corrected chi connectivity index (χ2v) is 4.96. The van der Waals surface area contributed by atoms with Crippen molar-refractivity contribution in [3.63, 3.8) is 0 Å². The van der Waals surface area contributed by atoms with Crippen LogP contribution in [0.15, 0.2) is 22.7 Å². The molecular weight excluding hydrogens is 289 g/mol. The van der Waals surface area contributed by atoms with E-state index in [1.165, 1.54) is 6.07 Å². The smallest absolute Gasteiger partial charge is 0.306 e. The predicted molar refractivity (Wildman–Crippen MR) is 68.8 cm³/mol. The number of hydrogen-bond acceptors (Lipinski definition) is 2. The third kappa shape index (κ3) is 4.00. The van der Waals surface area contributed by atoms with Crippen molar-refractivity contribution >= 4 is 27.6 Å². The van der Waals surface area contributed by atoms with E-state index in [9.17, 15) is 9.18 Å². The molecule has 1 unspecified atom stereocenters. The summed E-state index contributed by atoms with van der Waals surface area (Å²) in [7, 11) is 1.75. The molecule has 0 aliphatic carbocycles. The van der Waals surface area contributed by atoms with Gasteiger partial charge in [-0.15, -0.1) is 0 Å². The zero-order valence-electron chi connectivity index (χ0n) is 9.78.